The topological polar surface area (TPSA) is 76.0 Å². The van der Waals surface area contributed by atoms with Crippen molar-refractivity contribution in [2.24, 2.45) is 0 Å². The Morgan fingerprint density at radius 1 is 0.775 bits per heavy atom. The lowest BCUT2D eigenvalue weighted by atomic mass is 10.2. The summed E-state index contributed by atoms with van der Waals surface area (Å²) in [6.45, 7) is -0.153. The highest BCUT2D eigenvalue weighted by Gasteiger charge is 2.30. The summed E-state index contributed by atoms with van der Waals surface area (Å²) >= 11 is 6.43. The Kier molecular flexibility index (Phi) is 8.63. The lowest BCUT2D eigenvalue weighted by Crippen LogP contribution is -2.13. The minimum atomic E-state index is -4.12. The highest BCUT2D eigenvalue weighted by atomic mass is 35.5. The lowest BCUT2D eigenvalue weighted by molar-refractivity contribution is 0.142. The number of nitrogens with zero attached hydrogens (tertiary/aromatic N) is 1. The molecule has 0 aliphatic heterocycles. The minimum Gasteiger partial charge on any atom is -0.444 e. The zero-order chi connectivity index (χ0) is 28.0. The minimum absolute atomic E-state index is 0.00672. The van der Waals surface area contributed by atoms with Crippen molar-refractivity contribution < 1.29 is 32.1 Å². The lowest BCUT2D eigenvalue weighted by Gasteiger charge is -2.20. The Bertz CT molecular complexity index is 1610. The number of ether oxygens (including phenoxy) is 1. The molecule has 0 atom stereocenters. The van der Waals surface area contributed by atoms with Crippen LogP contribution in [0.15, 0.2) is 109 Å². The number of rotatable bonds is 10. The van der Waals surface area contributed by atoms with E-state index in [0.717, 1.165) is 15.7 Å². The number of hydrogen-bond acceptors (Lipinski definition) is 6. The first-order valence-electron chi connectivity index (χ1n) is 12.3. The third-order valence-corrected chi connectivity index (χ3v) is 7.50. The standard InChI is InChI=1S/C30H24ClFNO6P/c31-26-18-24(19-36-30(34)33-17-16-25-12-7-13-27(32)29(25)33)14-15-28(26)39-40(35,37-20-22-8-3-1-4-9-22)38-21-23-10-5-2-6-11-23/h1-18H,19-21H2. The van der Waals surface area contributed by atoms with Crippen LogP contribution in [0.4, 0.5) is 9.18 Å². The smallest absolute Gasteiger partial charge is 0.444 e. The van der Waals surface area contributed by atoms with Gasteiger partial charge in [0.25, 0.3) is 0 Å². The van der Waals surface area contributed by atoms with Crippen molar-refractivity contribution in [2.75, 3.05) is 0 Å². The fourth-order valence-electron chi connectivity index (χ4n) is 3.89. The molecular weight excluding hydrogens is 556 g/mol. The Labute approximate surface area is 235 Å². The molecule has 0 amide bonds. The highest BCUT2D eigenvalue weighted by molar-refractivity contribution is 7.48. The summed E-state index contributed by atoms with van der Waals surface area (Å²) in [6.07, 6.45) is 0.701. The quantitative estimate of drug-likeness (QED) is 0.154. The van der Waals surface area contributed by atoms with Crippen LogP contribution in [0.2, 0.25) is 5.02 Å². The average molecular weight is 580 g/mol. The summed E-state index contributed by atoms with van der Waals surface area (Å²) in [5.41, 5.74) is 2.24. The molecule has 0 fully saturated rings. The second-order valence-corrected chi connectivity index (χ2v) is 10.7. The molecule has 204 valence electrons. The van der Waals surface area contributed by atoms with Crippen molar-refractivity contribution in [2.45, 2.75) is 19.8 Å². The van der Waals surface area contributed by atoms with Crippen molar-refractivity contribution in [3.63, 3.8) is 0 Å². The first-order valence-corrected chi connectivity index (χ1v) is 14.1. The Balaban J connectivity index is 1.27. The highest BCUT2D eigenvalue weighted by Crippen LogP contribution is 2.52. The first kappa shape index (κ1) is 27.6. The fourth-order valence-corrected chi connectivity index (χ4v) is 5.38. The van der Waals surface area contributed by atoms with Gasteiger partial charge in [0.1, 0.15) is 18.2 Å². The van der Waals surface area contributed by atoms with Gasteiger partial charge >= 0.3 is 13.9 Å². The van der Waals surface area contributed by atoms with Crippen LogP contribution in [-0.2, 0) is 38.2 Å². The van der Waals surface area contributed by atoms with E-state index in [1.165, 1.54) is 24.4 Å². The van der Waals surface area contributed by atoms with Gasteiger partial charge in [0.15, 0.2) is 0 Å². The molecule has 0 bridgehead atoms. The molecule has 0 aliphatic rings. The van der Waals surface area contributed by atoms with E-state index in [9.17, 15) is 13.8 Å². The van der Waals surface area contributed by atoms with Gasteiger partial charge in [0.05, 0.1) is 23.8 Å². The van der Waals surface area contributed by atoms with E-state index in [1.807, 2.05) is 60.7 Å². The molecule has 1 heterocycles. The van der Waals surface area contributed by atoms with E-state index in [-0.39, 0.29) is 36.1 Å². The molecule has 4 aromatic carbocycles. The van der Waals surface area contributed by atoms with Crippen LogP contribution in [0.1, 0.15) is 16.7 Å². The van der Waals surface area contributed by atoms with Crippen molar-refractivity contribution in [1.82, 2.24) is 4.57 Å². The number of para-hydroxylation sites is 1. The first-order chi connectivity index (χ1) is 19.4. The van der Waals surface area contributed by atoms with Crippen molar-refractivity contribution in [3.05, 3.63) is 137 Å². The van der Waals surface area contributed by atoms with E-state index in [2.05, 4.69) is 0 Å². The van der Waals surface area contributed by atoms with Gasteiger partial charge in [-0.15, -0.1) is 0 Å². The third kappa shape index (κ3) is 6.79. The molecular formula is C30H24ClFNO6P. The Morgan fingerprint density at radius 3 is 2.05 bits per heavy atom. The van der Waals surface area contributed by atoms with E-state index >= 15 is 0 Å². The zero-order valence-corrected chi connectivity index (χ0v) is 22.8. The van der Waals surface area contributed by atoms with Gasteiger partial charge in [0.2, 0.25) is 0 Å². The van der Waals surface area contributed by atoms with Crippen LogP contribution in [0.25, 0.3) is 10.9 Å². The van der Waals surface area contributed by atoms with Gasteiger partial charge < -0.3 is 9.26 Å². The van der Waals surface area contributed by atoms with Gasteiger partial charge in [-0.25, -0.2) is 18.3 Å². The van der Waals surface area contributed by atoms with Crippen LogP contribution in [0, 0.1) is 5.82 Å². The number of aromatic nitrogens is 1. The molecule has 10 heteroatoms. The maximum Gasteiger partial charge on any atom is 0.530 e. The van der Waals surface area contributed by atoms with Crippen LogP contribution >= 0.6 is 19.4 Å². The number of halogens is 2. The number of phosphoric ester groups is 1. The van der Waals surface area contributed by atoms with Gasteiger partial charge in [-0.2, -0.15) is 0 Å². The van der Waals surface area contributed by atoms with E-state index in [4.69, 9.17) is 29.9 Å². The summed E-state index contributed by atoms with van der Waals surface area (Å²) in [5.74, 6) is -0.461. The second kappa shape index (κ2) is 12.5. The second-order valence-electron chi connectivity index (χ2n) is 8.74. The van der Waals surface area contributed by atoms with Gasteiger partial charge in [-0.1, -0.05) is 90.5 Å². The zero-order valence-electron chi connectivity index (χ0n) is 21.1. The largest absolute Gasteiger partial charge is 0.530 e. The number of phosphoric acid groups is 1. The van der Waals surface area contributed by atoms with Crippen molar-refractivity contribution >= 4 is 36.4 Å². The summed E-state index contributed by atoms with van der Waals surface area (Å²) in [5, 5.41) is 0.688. The molecule has 0 aliphatic carbocycles. The molecule has 1 aromatic heterocycles. The molecule has 0 N–H and O–H groups in total. The molecule has 0 saturated heterocycles. The third-order valence-electron chi connectivity index (χ3n) is 5.89. The van der Waals surface area contributed by atoms with E-state index < -0.39 is 19.7 Å². The summed E-state index contributed by atoms with van der Waals surface area (Å²) in [6, 6.07) is 29.2. The molecule has 0 spiro atoms. The molecule has 0 unspecified atom stereocenters. The monoisotopic (exact) mass is 579 g/mol. The maximum atomic E-state index is 14.2. The normalized spacial score (nSPS) is 11.4. The molecule has 5 rings (SSSR count). The van der Waals surface area contributed by atoms with Gasteiger partial charge in [-0.3, -0.25) is 9.05 Å². The van der Waals surface area contributed by atoms with Crippen LogP contribution in [-0.4, -0.2) is 10.7 Å². The predicted octanol–water partition coefficient (Wildman–Crippen LogP) is 8.54. The molecule has 5 aromatic rings. The number of benzene rings is 4. The molecule has 0 saturated carbocycles. The van der Waals surface area contributed by atoms with Gasteiger partial charge in [-0.05, 0) is 41.0 Å². The maximum absolute atomic E-state index is 14.2. The molecule has 40 heavy (non-hydrogen) atoms. The summed E-state index contributed by atoms with van der Waals surface area (Å²) < 4.78 is 51.3. The molecule has 7 nitrogen and oxygen atoms in total. The van der Waals surface area contributed by atoms with Crippen molar-refractivity contribution in [1.29, 1.82) is 0 Å². The number of carbonyl (C=O) groups is 1. The number of carbonyl (C=O) groups excluding carboxylic acids is 1. The molecule has 0 radical (unpaired) electrons. The Morgan fingerprint density at radius 2 is 1.43 bits per heavy atom. The Hall–Kier alpha value is -3.94. The van der Waals surface area contributed by atoms with E-state index in [1.54, 1.807) is 24.3 Å². The average Bonchev–Trinajstić information content (AvgIpc) is 3.42. The van der Waals surface area contributed by atoms with Crippen LogP contribution in [0.3, 0.4) is 0 Å². The van der Waals surface area contributed by atoms with Crippen LogP contribution in [0.5, 0.6) is 5.75 Å². The van der Waals surface area contributed by atoms with Gasteiger partial charge in [0, 0.05) is 11.6 Å². The SMILES string of the molecule is O=C(OCc1ccc(OP(=O)(OCc2ccccc2)OCc2ccccc2)c(Cl)c1)n1ccc2cccc(F)c21. The van der Waals surface area contributed by atoms with Crippen LogP contribution < -0.4 is 4.52 Å². The summed E-state index contributed by atoms with van der Waals surface area (Å²) in [4.78, 5) is 12.6. The number of hydrogen-bond donors (Lipinski definition) is 0. The van der Waals surface area contributed by atoms with Crippen molar-refractivity contribution in [3.8, 4) is 5.75 Å². The van der Waals surface area contributed by atoms with E-state index in [0.29, 0.717) is 10.9 Å². The number of fused-ring (bicyclic) bond motifs is 1. The fraction of sp³-hybridized carbons (Fsp3) is 0.100. The summed E-state index contributed by atoms with van der Waals surface area (Å²) in [7, 11) is -4.12. The predicted molar refractivity (Wildman–Crippen MR) is 150 cm³/mol.